The molecule has 150 valence electrons. The van der Waals surface area contributed by atoms with Crippen molar-refractivity contribution in [2.24, 2.45) is 0 Å². The molecule has 1 heterocycles. The van der Waals surface area contributed by atoms with Crippen LogP contribution >= 0.6 is 11.3 Å². The molecule has 3 rings (SSSR count). The Kier molecular flexibility index (Phi) is 5.43. The second kappa shape index (κ2) is 7.54. The first-order valence-electron chi connectivity index (χ1n) is 8.27. The fourth-order valence-electron chi connectivity index (χ4n) is 2.81. The van der Waals surface area contributed by atoms with Crippen molar-refractivity contribution < 1.29 is 21.6 Å². The van der Waals surface area contributed by atoms with Gasteiger partial charge in [0.05, 0.1) is 34.0 Å². The van der Waals surface area contributed by atoms with Crippen LogP contribution in [0.15, 0.2) is 54.6 Å². The van der Waals surface area contributed by atoms with Crippen molar-refractivity contribution in [3.05, 3.63) is 65.7 Å². The topological polar surface area (TPSA) is 61.2 Å². The summed E-state index contributed by atoms with van der Waals surface area (Å²) in [6.07, 6.45) is -3.53. The van der Waals surface area contributed by atoms with Crippen LogP contribution in [0.4, 0.5) is 18.9 Å². The Morgan fingerprint density at radius 3 is 2.38 bits per heavy atom. The fraction of sp³-hybridized carbons (Fsp3) is 0.150. The Balaban J connectivity index is 2.28. The number of benzene rings is 2. The van der Waals surface area contributed by atoms with E-state index in [1.54, 1.807) is 24.3 Å². The molecule has 9 heteroatoms. The highest BCUT2D eigenvalue weighted by Gasteiger charge is 2.34. The summed E-state index contributed by atoms with van der Waals surface area (Å²) in [6, 6.07) is 15.1. The fourth-order valence-corrected chi connectivity index (χ4v) is 4.59. The first-order valence-corrected chi connectivity index (χ1v) is 10.9. The van der Waals surface area contributed by atoms with Gasteiger partial charge >= 0.3 is 6.18 Å². The van der Waals surface area contributed by atoms with Crippen LogP contribution < -0.4 is 4.31 Å². The van der Waals surface area contributed by atoms with E-state index >= 15 is 0 Å². The third kappa shape index (κ3) is 4.28. The molecule has 0 bridgehead atoms. The van der Waals surface area contributed by atoms with E-state index < -0.39 is 21.8 Å². The summed E-state index contributed by atoms with van der Waals surface area (Å²) in [5.74, 6) is 0. The van der Waals surface area contributed by atoms with Crippen LogP contribution in [0, 0.1) is 11.3 Å². The number of hydrogen-bond donors (Lipinski definition) is 0. The summed E-state index contributed by atoms with van der Waals surface area (Å²) in [5.41, 5.74) is 0.332. The molecule has 0 aliphatic rings. The molecule has 1 aromatic heterocycles. The minimum atomic E-state index is -4.55. The van der Waals surface area contributed by atoms with Crippen molar-refractivity contribution in [3.63, 3.8) is 0 Å². The molecule has 0 saturated carbocycles. The Morgan fingerprint density at radius 1 is 1.07 bits per heavy atom. The van der Waals surface area contributed by atoms with Gasteiger partial charge in [0.1, 0.15) is 0 Å². The number of nitrogens with zero attached hydrogens (tertiary/aromatic N) is 2. The van der Waals surface area contributed by atoms with Crippen LogP contribution in [0.2, 0.25) is 0 Å². The molecule has 3 aromatic rings. The van der Waals surface area contributed by atoms with E-state index in [1.807, 2.05) is 6.07 Å². The van der Waals surface area contributed by atoms with Gasteiger partial charge in [0.2, 0.25) is 10.0 Å². The first-order chi connectivity index (χ1) is 13.5. The zero-order chi connectivity index (χ0) is 21.4. The van der Waals surface area contributed by atoms with Crippen molar-refractivity contribution in [2.45, 2.75) is 6.18 Å². The monoisotopic (exact) mass is 436 g/mol. The van der Waals surface area contributed by atoms with Gasteiger partial charge in [-0.2, -0.15) is 18.4 Å². The van der Waals surface area contributed by atoms with E-state index in [0.717, 1.165) is 28.0 Å². The molecule has 0 radical (unpaired) electrons. The van der Waals surface area contributed by atoms with Crippen LogP contribution in [0.1, 0.15) is 11.1 Å². The van der Waals surface area contributed by atoms with E-state index in [9.17, 15) is 21.6 Å². The molecule has 0 atom stereocenters. The highest BCUT2D eigenvalue weighted by Crippen LogP contribution is 2.46. The molecule has 0 spiro atoms. The van der Waals surface area contributed by atoms with E-state index in [0.29, 0.717) is 16.0 Å². The van der Waals surface area contributed by atoms with Crippen LogP contribution in [0.5, 0.6) is 0 Å². The normalized spacial score (nSPS) is 11.9. The summed E-state index contributed by atoms with van der Waals surface area (Å²) in [4.78, 5) is 0.739. The van der Waals surface area contributed by atoms with Crippen molar-refractivity contribution in [3.8, 4) is 27.0 Å². The molecule has 0 aliphatic carbocycles. The molecule has 0 fully saturated rings. The van der Waals surface area contributed by atoms with Crippen molar-refractivity contribution >= 4 is 27.0 Å². The predicted molar refractivity (Wildman–Crippen MR) is 108 cm³/mol. The molecule has 0 aliphatic heterocycles. The quantitative estimate of drug-likeness (QED) is 0.553. The van der Waals surface area contributed by atoms with Gasteiger partial charge in [-0.05, 0) is 29.8 Å². The number of hydrogen-bond acceptors (Lipinski definition) is 4. The van der Waals surface area contributed by atoms with Gasteiger partial charge in [0, 0.05) is 17.5 Å². The van der Waals surface area contributed by atoms with Gasteiger partial charge in [-0.15, -0.1) is 11.3 Å². The molecule has 0 unspecified atom stereocenters. The lowest BCUT2D eigenvalue weighted by Gasteiger charge is -2.17. The molecule has 29 heavy (non-hydrogen) atoms. The zero-order valence-corrected chi connectivity index (χ0v) is 17.0. The SMILES string of the molecule is CN(c1cc(-c2ccccc2C(F)(F)F)sc1-c1cccc(C#N)c1)S(C)(=O)=O. The van der Waals surface area contributed by atoms with Crippen LogP contribution in [-0.2, 0) is 16.2 Å². The lowest BCUT2D eigenvalue weighted by molar-refractivity contribution is -0.137. The van der Waals surface area contributed by atoms with Crippen LogP contribution in [-0.4, -0.2) is 21.7 Å². The standard InChI is InChI=1S/C20H15F3N2O2S2/c1-25(29(2,26)27)17-11-18(15-8-3-4-9-16(15)20(21,22)23)28-19(17)14-7-5-6-13(10-14)12-24/h3-11H,1-2H3. The maximum absolute atomic E-state index is 13.5. The Morgan fingerprint density at radius 2 is 1.76 bits per heavy atom. The maximum atomic E-state index is 13.5. The third-order valence-electron chi connectivity index (χ3n) is 4.30. The first kappa shape index (κ1) is 20.9. The van der Waals surface area contributed by atoms with Gasteiger partial charge in [0.15, 0.2) is 0 Å². The Labute approximate surface area is 170 Å². The van der Waals surface area contributed by atoms with E-state index in [1.165, 1.54) is 31.3 Å². The molecule has 4 nitrogen and oxygen atoms in total. The second-order valence-corrected chi connectivity index (χ2v) is 9.36. The second-order valence-electron chi connectivity index (χ2n) is 6.29. The highest BCUT2D eigenvalue weighted by atomic mass is 32.2. The van der Waals surface area contributed by atoms with Crippen molar-refractivity contribution in [1.29, 1.82) is 5.26 Å². The van der Waals surface area contributed by atoms with Gasteiger partial charge in [-0.25, -0.2) is 8.42 Å². The zero-order valence-electron chi connectivity index (χ0n) is 15.4. The van der Waals surface area contributed by atoms with Gasteiger partial charge in [-0.3, -0.25) is 4.31 Å². The molecular formula is C20H15F3N2O2S2. The van der Waals surface area contributed by atoms with E-state index in [4.69, 9.17) is 5.26 Å². The summed E-state index contributed by atoms with van der Waals surface area (Å²) >= 11 is 1.04. The highest BCUT2D eigenvalue weighted by molar-refractivity contribution is 7.92. The number of rotatable bonds is 4. The molecule has 2 aromatic carbocycles. The Bertz CT molecular complexity index is 1210. The maximum Gasteiger partial charge on any atom is 0.417 e. The minimum Gasteiger partial charge on any atom is -0.272 e. The van der Waals surface area contributed by atoms with Gasteiger partial charge in [0.25, 0.3) is 0 Å². The number of thiophene rings is 1. The smallest absolute Gasteiger partial charge is 0.272 e. The van der Waals surface area contributed by atoms with Crippen LogP contribution in [0.25, 0.3) is 20.9 Å². The number of anilines is 1. The molecule has 0 saturated heterocycles. The minimum absolute atomic E-state index is 0.0316. The largest absolute Gasteiger partial charge is 0.417 e. The van der Waals surface area contributed by atoms with E-state index in [2.05, 4.69) is 0 Å². The van der Waals surface area contributed by atoms with Crippen molar-refractivity contribution in [2.75, 3.05) is 17.6 Å². The summed E-state index contributed by atoms with van der Waals surface area (Å²) in [7, 11) is -2.31. The van der Waals surface area contributed by atoms with Crippen molar-refractivity contribution in [1.82, 2.24) is 0 Å². The average Bonchev–Trinajstić information content (AvgIpc) is 3.11. The lowest BCUT2D eigenvalue weighted by Crippen LogP contribution is -2.24. The third-order valence-corrected chi connectivity index (χ3v) is 6.70. The van der Waals surface area contributed by atoms with Gasteiger partial charge < -0.3 is 0 Å². The number of nitriles is 1. The number of alkyl halides is 3. The Hall–Kier alpha value is -2.83. The molecule has 0 amide bonds. The predicted octanol–water partition coefficient (Wildman–Crippen LogP) is 5.37. The van der Waals surface area contributed by atoms with Gasteiger partial charge in [-0.1, -0.05) is 30.3 Å². The van der Waals surface area contributed by atoms with E-state index in [-0.39, 0.29) is 16.1 Å². The number of sulfonamides is 1. The molecule has 0 N–H and O–H groups in total. The average molecular weight is 436 g/mol. The summed E-state index contributed by atoms with van der Waals surface area (Å²) < 4.78 is 65.7. The van der Waals surface area contributed by atoms with Crippen LogP contribution in [0.3, 0.4) is 0 Å². The lowest BCUT2D eigenvalue weighted by atomic mass is 10.0. The summed E-state index contributed by atoms with van der Waals surface area (Å²) in [5, 5.41) is 9.15. The summed E-state index contributed by atoms with van der Waals surface area (Å²) in [6.45, 7) is 0. The number of halogens is 3. The molecular weight excluding hydrogens is 421 g/mol.